The van der Waals surface area contributed by atoms with Crippen LogP contribution in [0.25, 0.3) is 0 Å². The molecule has 17 heavy (non-hydrogen) atoms. The normalized spacial score (nSPS) is 28.2. The summed E-state index contributed by atoms with van der Waals surface area (Å²) in [6.07, 6.45) is -1.06. The van der Waals surface area contributed by atoms with Crippen LogP contribution >= 0.6 is 0 Å². The molecule has 1 rings (SSSR count). The van der Waals surface area contributed by atoms with Crippen molar-refractivity contribution in [1.82, 2.24) is 4.90 Å². The monoisotopic (exact) mass is 251 g/mol. The quantitative estimate of drug-likeness (QED) is 0.749. The average molecular weight is 251 g/mol. The van der Waals surface area contributed by atoms with Crippen LogP contribution in [0.5, 0.6) is 0 Å². The third-order valence-electron chi connectivity index (χ3n) is 3.71. The fraction of sp³-hybridized carbons (Fsp3) is 1.00. The molecule has 0 aromatic rings. The highest BCUT2D eigenvalue weighted by Crippen LogP contribution is 2.41. The van der Waals surface area contributed by atoms with Crippen molar-refractivity contribution in [2.75, 3.05) is 26.2 Å². The molecule has 2 atom stereocenters. The maximum atomic E-state index is 12.3. The molecule has 0 heterocycles. The summed E-state index contributed by atoms with van der Waals surface area (Å²) in [4.78, 5) is 1.54. The van der Waals surface area contributed by atoms with Gasteiger partial charge in [-0.15, -0.1) is 0 Å². The Balaban J connectivity index is 2.50. The van der Waals surface area contributed by atoms with E-state index in [1.807, 2.05) is 13.8 Å². The number of rotatable bonds is 6. The van der Waals surface area contributed by atoms with Crippen molar-refractivity contribution in [3.63, 3.8) is 0 Å². The molecule has 0 radical (unpaired) electrons. The van der Waals surface area contributed by atoms with Crippen molar-refractivity contribution in [3.05, 3.63) is 0 Å². The van der Waals surface area contributed by atoms with Crippen molar-refractivity contribution in [1.29, 1.82) is 0 Å². The lowest BCUT2D eigenvalue weighted by molar-refractivity contribution is 0.0171. The summed E-state index contributed by atoms with van der Waals surface area (Å²) in [6, 6.07) is 0. The summed E-state index contributed by atoms with van der Waals surface area (Å²) in [7, 11) is 0. The standard InChI is InChI=1S/C12H23F2NO2/c1-12(2)4-3-9(11(12)17)7-15(5-6-16)8-10(13)14/h9-11,16-17H,3-8H2,1-2H3. The molecular weight excluding hydrogens is 228 g/mol. The van der Waals surface area contributed by atoms with Crippen LogP contribution in [0.2, 0.25) is 0 Å². The summed E-state index contributed by atoms with van der Waals surface area (Å²) < 4.78 is 24.7. The minimum absolute atomic E-state index is 0.0373. The second kappa shape index (κ2) is 6.07. The lowest BCUT2D eigenvalue weighted by Gasteiger charge is -2.29. The van der Waals surface area contributed by atoms with E-state index in [1.54, 1.807) is 4.90 Å². The second-order valence-corrected chi connectivity index (χ2v) is 5.61. The SMILES string of the molecule is CC1(C)CCC(CN(CCO)CC(F)F)C1O. The van der Waals surface area contributed by atoms with Gasteiger partial charge in [-0.05, 0) is 24.2 Å². The summed E-state index contributed by atoms with van der Waals surface area (Å²) in [5, 5.41) is 18.9. The zero-order valence-corrected chi connectivity index (χ0v) is 10.6. The molecule has 1 aliphatic carbocycles. The van der Waals surface area contributed by atoms with Gasteiger partial charge in [0.2, 0.25) is 0 Å². The molecule has 0 bridgehead atoms. The van der Waals surface area contributed by atoms with Crippen LogP contribution in [0, 0.1) is 11.3 Å². The molecule has 0 aliphatic heterocycles. The van der Waals surface area contributed by atoms with Crippen LogP contribution in [0.15, 0.2) is 0 Å². The van der Waals surface area contributed by atoms with Crippen LogP contribution in [-0.2, 0) is 0 Å². The highest BCUT2D eigenvalue weighted by atomic mass is 19.3. The van der Waals surface area contributed by atoms with Crippen molar-refractivity contribution in [2.24, 2.45) is 11.3 Å². The topological polar surface area (TPSA) is 43.7 Å². The largest absolute Gasteiger partial charge is 0.395 e. The minimum atomic E-state index is -2.40. The Labute approximate surface area is 101 Å². The van der Waals surface area contributed by atoms with E-state index in [4.69, 9.17) is 5.11 Å². The summed E-state index contributed by atoms with van der Waals surface area (Å²) in [5.41, 5.74) is -0.125. The second-order valence-electron chi connectivity index (χ2n) is 5.61. The number of hydrogen-bond donors (Lipinski definition) is 2. The molecule has 0 spiro atoms. The van der Waals surface area contributed by atoms with Crippen molar-refractivity contribution >= 4 is 0 Å². The number of halogens is 2. The highest BCUT2D eigenvalue weighted by Gasteiger charge is 2.41. The van der Waals surface area contributed by atoms with Crippen molar-refractivity contribution in [2.45, 2.75) is 39.2 Å². The van der Waals surface area contributed by atoms with E-state index in [2.05, 4.69) is 0 Å². The van der Waals surface area contributed by atoms with Gasteiger partial charge in [0, 0.05) is 13.1 Å². The van der Waals surface area contributed by atoms with Gasteiger partial charge in [-0.2, -0.15) is 0 Å². The first-order chi connectivity index (χ1) is 7.86. The Morgan fingerprint density at radius 1 is 1.41 bits per heavy atom. The molecule has 2 N–H and O–H groups in total. The Hall–Kier alpha value is -0.260. The van der Waals surface area contributed by atoms with Gasteiger partial charge in [0.25, 0.3) is 6.43 Å². The van der Waals surface area contributed by atoms with E-state index in [0.29, 0.717) is 6.54 Å². The first-order valence-corrected chi connectivity index (χ1v) is 6.16. The van der Waals surface area contributed by atoms with E-state index in [-0.39, 0.29) is 31.0 Å². The van der Waals surface area contributed by atoms with Crippen LogP contribution < -0.4 is 0 Å². The maximum absolute atomic E-state index is 12.3. The number of alkyl halides is 2. The van der Waals surface area contributed by atoms with E-state index >= 15 is 0 Å². The van der Waals surface area contributed by atoms with Crippen LogP contribution in [0.4, 0.5) is 8.78 Å². The zero-order valence-electron chi connectivity index (χ0n) is 10.6. The van der Waals surface area contributed by atoms with E-state index in [1.165, 1.54) is 0 Å². The molecule has 5 heteroatoms. The molecule has 0 amide bonds. The molecule has 0 aromatic carbocycles. The number of hydrogen-bond acceptors (Lipinski definition) is 3. The van der Waals surface area contributed by atoms with Gasteiger partial charge in [-0.3, -0.25) is 4.90 Å². The minimum Gasteiger partial charge on any atom is -0.395 e. The maximum Gasteiger partial charge on any atom is 0.251 e. The molecule has 102 valence electrons. The lowest BCUT2D eigenvalue weighted by atomic mass is 9.87. The lowest BCUT2D eigenvalue weighted by Crippen LogP contribution is -2.40. The molecule has 0 saturated heterocycles. The first kappa shape index (κ1) is 14.8. The smallest absolute Gasteiger partial charge is 0.251 e. The van der Waals surface area contributed by atoms with Gasteiger partial charge in [0.05, 0.1) is 19.3 Å². The number of aliphatic hydroxyl groups excluding tert-OH is 2. The first-order valence-electron chi connectivity index (χ1n) is 6.16. The summed E-state index contributed by atoms with van der Waals surface area (Å²) >= 11 is 0. The highest BCUT2D eigenvalue weighted by molar-refractivity contribution is 4.92. The van der Waals surface area contributed by atoms with Gasteiger partial charge in [0.1, 0.15) is 0 Å². The van der Waals surface area contributed by atoms with Crippen LogP contribution in [0.3, 0.4) is 0 Å². The molecule has 0 aromatic heterocycles. The fourth-order valence-electron chi connectivity index (χ4n) is 2.62. The van der Waals surface area contributed by atoms with Crippen LogP contribution in [0.1, 0.15) is 26.7 Å². The summed E-state index contributed by atoms with van der Waals surface area (Å²) in [6.45, 7) is 4.23. The number of aliphatic hydroxyl groups is 2. The zero-order chi connectivity index (χ0) is 13.1. The third kappa shape index (κ3) is 4.16. The van der Waals surface area contributed by atoms with Gasteiger partial charge in [0.15, 0.2) is 0 Å². The van der Waals surface area contributed by atoms with E-state index in [9.17, 15) is 13.9 Å². The van der Waals surface area contributed by atoms with Crippen LogP contribution in [-0.4, -0.2) is 53.9 Å². The Morgan fingerprint density at radius 3 is 2.47 bits per heavy atom. The molecule has 1 fully saturated rings. The van der Waals surface area contributed by atoms with Gasteiger partial charge in [-0.1, -0.05) is 13.8 Å². The molecule has 1 saturated carbocycles. The predicted octanol–water partition coefficient (Wildman–Crippen LogP) is 1.34. The van der Waals surface area contributed by atoms with Gasteiger partial charge in [-0.25, -0.2) is 8.78 Å². The van der Waals surface area contributed by atoms with E-state index < -0.39 is 12.5 Å². The van der Waals surface area contributed by atoms with E-state index in [0.717, 1.165) is 12.8 Å². The summed E-state index contributed by atoms with van der Waals surface area (Å²) in [5.74, 6) is 0.0373. The Bertz CT molecular complexity index is 237. The number of nitrogens with zero attached hydrogens (tertiary/aromatic N) is 1. The van der Waals surface area contributed by atoms with Gasteiger partial charge >= 0.3 is 0 Å². The Kier molecular flexibility index (Phi) is 5.28. The Morgan fingerprint density at radius 2 is 2.06 bits per heavy atom. The molecule has 1 aliphatic rings. The predicted molar refractivity (Wildman–Crippen MR) is 62.0 cm³/mol. The average Bonchev–Trinajstić information content (AvgIpc) is 2.45. The van der Waals surface area contributed by atoms with Crippen molar-refractivity contribution in [3.8, 4) is 0 Å². The third-order valence-corrected chi connectivity index (χ3v) is 3.71. The molecule has 3 nitrogen and oxygen atoms in total. The molecule has 2 unspecified atom stereocenters. The fourth-order valence-corrected chi connectivity index (χ4v) is 2.62. The van der Waals surface area contributed by atoms with Gasteiger partial charge < -0.3 is 10.2 Å². The molecular formula is C12H23F2NO2. The van der Waals surface area contributed by atoms with Crippen molar-refractivity contribution < 1.29 is 19.0 Å².